The van der Waals surface area contributed by atoms with Gasteiger partial charge in [0.25, 0.3) is 0 Å². The molecule has 0 aromatic heterocycles. The predicted octanol–water partition coefficient (Wildman–Crippen LogP) is 4.06. The van der Waals surface area contributed by atoms with Crippen molar-refractivity contribution in [3.63, 3.8) is 0 Å². The number of halogens is 3. The second-order valence-corrected chi connectivity index (χ2v) is 4.05. The van der Waals surface area contributed by atoms with Crippen molar-refractivity contribution in [3.8, 4) is 0 Å². The molecule has 0 heterocycles. The van der Waals surface area contributed by atoms with Gasteiger partial charge in [-0.1, -0.05) is 25.5 Å². The zero-order chi connectivity index (χ0) is 12.9. The monoisotopic (exact) mass is 246 g/mol. The lowest BCUT2D eigenvalue weighted by molar-refractivity contribution is -0.137. The third-order valence-corrected chi connectivity index (χ3v) is 2.69. The fourth-order valence-electron chi connectivity index (χ4n) is 1.72. The van der Waals surface area contributed by atoms with Crippen molar-refractivity contribution in [1.29, 1.82) is 0 Å². The highest BCUT2D eigenvalue weighted by Crippen LogP contribution is 2.29. The third-order valence-electron chi connectivity index (χ3n) is 2.69. The Bertz CT molecular complexity index is 330. The molecule has 0 bridgehead atoms. The summed E-state index contributed by atoms with van der Waals surface area (Å²) in [6.07, 6.45) is -1.61. The van der Waals surface area contributed by atoms with Gasteiger partial charge in [-0.15, -0.1) is 0 Å². The maximum absolute atomic E-state index is 12.3. The fourth-order valence-corrected chi connectivity index (χ4v) is 1.72. The normalized spacial score (nSPS) is 13.7. The van der Waals surface area contributed by atoms with E-state index in [4.69, 9.17) is 4.74 Å². The van der Waals surface area contributed by atoms with Crippen LogP contribution in [0.2, 0.25) is 0 Å². The molecule has 17 heavy (non-hydrogen) atoms. The largest absolute Gasteiger partial charge is 0.416 e. The first-order chi connectivity index (χ1) is 7.97. The highest BCUT2D eigenvalue weighted by atomic mass is 19.4. The lowest BCUT2D eigenvalue weighted by Crippen LogP contribution is -2.13. The molecule has 96 valence electrons. The van der Waals surface area contributed by atoms with Gasteiger partial charge in [0.2, 0.25) is 0 Å². The molecule has 0 fully saturated rings. The van der Waals surface area contributed by atoms with Gasteiger partial charge >= 0.3 is 6.18 Å². The summed E-state index contributed by atoms with van der Waals surface area (Å²) in [4.78, 5) is 0. The van der Waals surface area contributed by atoms with Crippen molar-refractivity contribution in [1.82, 2.24) is 0 Å². The summed E-state index contributed by atoms with van der Waals surface area (Å²) in [7, 11) is 1.63. The van der Waals surface area contributed by atoms with Crippen LogP contribution in [0.25, 0.3) is 0 Å². The summed E-state index contributed by atoms with van der Waals surface area (Å²) in [6, 6.07) is 5.27. The minimum atomic E-state index is -4.26. The first-order valence-corrected chi connectivity index (χ1v) is 5.66. The van der Waals surface area contributed by atoms with E-state index in [1.807, 2.05) is 0 Å². The molecule has 0 amide bonds. The predicted molar refractivity (Wildman–Crippen MR) is 60.9 cm³/mol. The van der Waals surface area contributed by atoms with Crippen molar-refractivity contribution in [2.24, 2.45) is 0 Å². The van der Waals surface area contributed by atoms with E-state index in [-0.39, 0.29) is 6.10 Å². The number of rotatable bonds is 5. The molecule has 0 N–H and O–H groups in total. The second kappa shape index (κ2) is 6.05. The molecule has 0 aliphatic heterocycles. The van der Waals surface area contributed by atoms with Gasteiger partial charge < -0.3 is 4.74 Å². The molecule has 1 aromatic rings. The minimum Gasteiger partial charge on any atom is -0.381 e. The van der Waals surface area contributed by atoms with E-state index in [9.17, 15) is 13.2 Å². The first kappa shape index (κ1) is 14.0. The van der Waals surface area contributed by atoms with E-state index in [1.54, 1.807) is 7.11 Å². The van der Waals surface area contributed by atoms with E-state index in [2.05, 4.69) is 6.92 Å². The molecule has 0 radical (unpaired) electrons. The first-order valence-electron chi connectivity index (χ1n) is 5.66. The molecular formula is C13H17F3O. The van der Waals surface area contributed by atoms with Gasteiger partial charge in [0.1, 0.15) is 0 Å². The number of alkyl halides is 3. The van der Waals surface area contributed by atoms with Crippen LogP contribution in [-0.4, -0.2) is 13.2 Å². The summed E-state index contributed by atoms with van der Waals surface area (Å²) in [6.45, 7) is 2.05. The van der Waals surface area contributed by atoms with Crippen LogP contribution < -0.4 is 0 Å². The van der Waals surface area contributed by atoms with Gasteiger partial charge in [-0.25, -0.2) is 0 Å². The number of benzene rings is 1. The highest BCUT2D eigenvalue weighted by molar-refractivity contribution is 5.25. The Morgan fingerprint density at radius 1 is 1.18 bits per heavy atom. The zero-order valence-electron chi connectivity index (χ0n) is 10.1. The van der Waals surface area contributed by atoms with E-state index in [1.165, 1.54) is 12.1 Å². The van der Waals surface area contributed by atoms with E-state index >= 15 is 0 Å². The number of hydrogen-bond acceptors (Lipinski definition) is 1. The van der Waals surface area contributed by atoms with E-state index in [0.717, 1.165) is 30.5 Å². The minimum absolute atomic E-state index is 0.0803. The topological polar surface area (TPSA) is 9.23 Å². The lowest BCUT2D eigenvalue weighted by Gasteiger charge is -2.14. The van der Waals surface area contributed by atoms with Crippen LogP contribution in [0, 0.1) is 0 Å². The van der Waals surface area contributed by atoms with E-state index < -0.39 is 11.7 Å². The standard InChI is InChI=1S/C13H17F3O/c1-3-4-12(17-2)9-10-5-7-11(8-6-10)13(14,15)16/h5-8,12H,3-4,9H2,1-2H3. The Hall–Kier alpha value is -1.03. The molecule has 1 rings (SSSR count). The maximum atomic E-state index is 12.3. The average molecular weight is 246 g/mol. The SMILES string of the molecule is CCCC(Cc1ccc(C(F)(F)F)cc1)OC. The Morgan fingerprint density at radius 2 is 1.76 bits per heavy atom. The van der Waals surface area contributed by atoms with Crippen LogP contribution in [0.5, 0.6) is 0 Å². The van der Waals surface area contributed by atoms with Crippen LogP contribution in [0.4, 0.5) is 13.2 Å². The fraction of sp³-hybridized carbons (Fsp3) is 0.538. The van der Waals surface area contributed by atoms with Crippen molar-refractivity contribution >= 4 is 0 Å². The van der Waals surface area contributed by atoms with Crippen LogP contribution in [-0.2, 0) is 17.3 Å². The summed E-state index contributed by atoms with van der Waals surface area (Å²) in [5.74, 6) is 0. The highest BCUT2D eigenvalue weighted by Gasteiger charge is 2.29. The number of ether oxygens (including phenoxy) is 1. The molecule has 1 unspecified atom stereocenters. The lowest BCUT2D eigenvalue weighted by atomic mass is 10.0. The Balaban J connectivity index is 2.68. The van der Waals surface area contributed by atoms with Gasteiger partial charge in [-0.3, -0.25) is 0 Å². The molecule has 1 aromatic carbocycles. The van der Waals surface area contributed by atoms with Gasteiger partial charge in [-0.05, 0) is 30.5 Å². The van der Waals surface area contributed by atoms with Crippen LogP contribution >= 0.6 is 0 Å². The Morgan fingerprint density at radius 3 is 2.18 bits per heavy atom. The van der Waals surface area contributed by atoms with Gasteiger partial charge in [0.15, 0.2) is 0 Å². The maximum Gasteiger partial charge on any atom is 0.416 e. The van der Waals surface area contributed by atoms with Gasteiger partial charge in [0.05, 0.1) is 11.7 Å². The van der Waals surface area contributed by atoms with Crippen molar-refractivity contribution < 1.29 is 17.9 Å². The quantitative estimate of drug-likeness (QED) is 0.761. The second-order valence-electron chi connectivity index (χ2n) is 4.05. The molecular weight excluding hydrogens is 229 g/mol. The van der Waals surface area contributed by atoms with Crippen molar-refractivity contribution in [2.75, 3.05) is 7.11 Å². The summed E-state index contributed by atoms with van der Waals surface area (Å²) >= 11 is 0. The third kappa shape index (κ3) is 4.38. The van der Waals surface area contributed by atoms with Gasteiger partial charge in [0, 0.05) is 7.11 Å². The van der Waals surface area contributed by atoms with Crippen molar-refractivity contribution in [2.45, 2.75) is 38.5 Å². The van der Waals surface area contributed by atoms with Crippen LogP contribution in [0.1, 0.15) is 30.9 Å². The molecule has 0 aliphatic carbocycles. The van der Waals surface area contributed by atoms with Crippen molar-refractivity contribution in [3.05, 3.63) is 35.4 Å². The van der Waals surface area contributed by atoms with Gasteiger partial charge in [-0.2, -0.15) is 13.2 Å². The Labute approximate surface area is 99.6 Å². The summed E-state index contributed by atoms with van der Waals surface area (Å²) < 4.78 is 42.3. The molecule has 4 heteroatoms. The number of methoxy groups -OCH3 is 1. The molecule has 0 saturated heterocycles. The Kier molecular flexibility index (Phi) is 5.00. The zero-order valence-corrected chi connectivity index (χ0v) is 10.1. The van der Waals surface area contributed by atoms with Crippen LogP contribution in [0.3, 0.4) is 0 Å². The molecule has 0 aliphatic rings. The van der Waals surface area contributed by atoms with Crippen LogP contribution in [0.15, 0.2) is 24.3 Å². The summed E-state index contributed by atoms with van der Waals surface area (Å²) in [5, 5.41) is 0. The molecule has 0 spiro atoms. The molecule has 0 saturated carbocycles. The summed E-state index contributed by atoms with van der Waals surface area (Å²) in [5.41, 5.74) is 0.268. The molecule has 1 nitrogen and oxygen atoms in total. The average Bonchev–Trinajstić information content (AvgIpc) is 2.28. The smallest absolute Gasteiger partial charge is 0.381 e. The molecule has 1 atom stereocenters. The number of hydrogen-bond donors (Lipinski definition) is 0. The van der Waals surface area contributed by atoms with E-state index in [0.29, 0.717) is 6.42 Å².